The Morgan fingerprint density at radius 1 is 1.26 bits per heavy atom. The van der Waals surface area contributed by atoms with Gasteiger partial charge in [-0.05, 0) is 24.1 Å². The fourth-order valence-corrected chi connectivity index (χ4v) is 1.77. The van der Waals surface area contributed by atoms with Crippen LogP contribution in [0, 0.1) is 0 Å². The first-order valence-electron chi connectivity index (χ1n) is 6.27. The predicted molar refractivity (Wildman–Crippen MR) is 74.6 cm³/mol. The number of ether oxygens (including phenoxy) is 2. The maximum absolute atomic E-state index is 11.6. The third-order valence-electron chi connectivity index (χ3n) is 2.97. The first kappa shape index (κ1) is 15.3. The highest BCUT2D eigenvalue weighted by Crippen LogP contribution is 2.27. The minimum absolute atomic E-state index is 0.0722. The number of amides is 1. The maximum atomic E-state index is 11.6. The number of hydrogen-bond acceptors (Lipinski definition) is 4. The Labute approximate surface area is 114 Å². The molecule has 1 aromatic carbocycles. The van der Waals surface area contributed by atoms with Crippen molar-refractivity contribution in [2.24, 2.45) is 5.73 Å². The van der Waals surface area contributed by atoms with Crippen LogP contribution in [0.4, 0.5) is 0 Å². The molecule has 0 bridgehead atoms. The van der Waals surface area contributed by atoms with Crippen molar-refractivity contribution in [2.45, 2.75) is 12.8 Å². The van der Waals surface area contributed by atoms with Crippen LogP contribution in [0.15, 0.2) is 18.2 Å². The molecule has 0 spiro atoms. The van der Waals surface area contributed by atoms with Crippen molar-refractivity contribution in [2.75, 3.05) is 34.4 Å². The van der Waals surface area contributed by atoms with Crippen molar-refractivity contribution in [3.63, 3.8) is 0 Å². The molecule has 106 valence electrons. The van der Waals surface area contributed by atoms with E-state index in [4.69, 9.17) is 15.2 Å². The van der Waals surface area contributed by atoms with Crippen molar-refractivity contribution in [1.29, 1.82) is 0 Å². The summed E-state index contributed by atoms with van der Waals surface area (Å²) in [5.41, 5.74) is 6.47. The summed E-state index contributed by atoms with van der Waals surface area (Å²) in [4.78, 5) is 13.3. The van der Waals surface area contributed by atoms with E-state index < -0.39 is 0 Å². The van der Waals surface area contributed by atoms with E-state index in [0.29, 0.717) is 31.0 Å². The first-order chi connectivity index (χ1) is 9.12. The number of likely N-dealkylation sites (N-methyl/N-ethyl adjacent to an activating group) is 1. The first-order valence-corrected chi connectivity index (χ1v) is 6.27. The quantitative estimate of drug-likeness (QED) is 0.801. The third-order valence-corrected chi connectivity index (χ3v) is 2.97. The molecular weight excluding hydrogens is 244 g/mol. The largest absolute Gasteiger partial charge is 0.493 e. The molecule has 0 heterocycles. The second kappa shape index (κ2) is 7.63. The van der Waals surface area contributed by atoms with Crippen LogP contribution in [0.3, 0.4) is 0 Å². The van der Waals surface area contributed by atoms with Gasteiger partial charge in [-0.15, -0.1) is 0 Å². The minimum Gasteiger partial charge on any atom is -0.493 e. The molecule has 1 aromatic rings. The van der Waals surface area contributed by atoms with Gasteiger partial charge < -0.3 is 20.1 Å². The highest BCUT2D eigenvalue weighted by molar-refractivity contribution is 5.76. The van der Waals surface area contributed by atoms with Gasteiger partial charge in [0.2, 0.25) is 5.91 Å². The highest BCUT2D eigenvalue weighted by atomic mass is 16.5. The minimum atomic E-state index is 0.0722. The van der Waals surface area contributed by atoms with Crippen LogP contribution in [0.5, 0.6) is 11.5 Å². The Bertz CT molecular complexity index is 421. The van der Waals surface area contributed by atoms with Gasteiger partial charge in [-0.25, -0.2) is 0 Å². The lowest BCUT2D eigenvalue weighted by molar-refractivity contribution is -0.129. The zero-order chi connectivity index (χ0) is 14.3. The van der Waals surface area contributed by atoms with Crippen LogP contribution >= 0.6 is 0 Å². The number of nitrogens with two attached hydrogens (primary N) is 1. The zero-order valence-corrected chi connectivity index (χ0v) is 11.8. The molecule has 1 amide bonds. The number of carbonyl (C=O) groups is 1. The molecule has 0 unspecified atom stereocenters. The monoisotopic (exact) mass is 266 g/mol. The van der Waals surface area contributed by atoms with Gasteiger partial charge in [0.15, 0.2) is 11.5 Å². The normalized spacial score (nSPS) is 10.1. The van der Waals surface area contributed by atoms with E-state index in [1.54, 1.807) is 26.2 Å². The fourth-order valence-electron chi connectivity index (χ4n) is 1.77. The molecule has 0 aliphatic rings. The van der Waals surface area contributed by atoms with Crippen LogP contribution in [0.25, 0.3) is 0 Å². The van der Waals surface area contributed by atoms with Gasteiger partial charge in [0.1, 0.15) is 0 Å². The molecule has 0 saturated carbocycles. The summed E-state index contributed by atoms with van der Waals surface area (Å²) in [6.45, 7) is 1.05. The average Bonchev–Trinajstić information content (AvgIpc) is 2.44. The number of benzene rings is 1. The molecule has 0 atom stereocenters. The smallest absolute Gasteiger partial charge is 0.223 e. The van der Waals surface area contributed by atoms with E-state index >= 15 is 0 Å². The number of hydrogen-bond donors (Lipinski definition) is 1. The number of carbonyl (C=O) groups excluding carboxylic acids is 1. The second-order valence-electron chi connectivity index (χ2n) is 4.29. The molecule has 0 aliphatic carbocycles. The van der Waals surface area contributed by atoms with Gasteiger partial charge >= 0.3 is 0 Å². The molecule has 19 heavy (non-hydrogen) atoms. The predicted octanol–water partition coefficient (Wildman–Crippen LogP) is 1.05. The summed E-state index contributed by atoms with van der Waals surface area (Å²) in [5.74, 6) is 1.48. The van der Waals surface area contributed by atoms with E-state index in [1.165, 1.54) is 0 Å². The summed E-state index contributed by atoms with van der Waals surface area (Å²) in [6.07, 6.45) is 1.16. The summed E-state index contributed by atoms with van der Waals surface area (Å²) < 4.78 is 10.4. The molecular formula is C14H22N2O3. The van der Waals surface area contributed by atoms with Crippen molar-refractivity contribution in [1.82, 2.24) is 4.90 Å². The van der Waals surface area contributed by atoms with Gasteiger partial charge in [0.05, 0.1) is 14.2 Å². The molecule has 0 saturated heterocycles. The summed E-state index contributed by atoms with van der Waals surface area (Å²) in [7, 11) is 5.01. The molecule has 2 N–H and O–H groups in total. The maximum Gasteiger partial charge on any atom is 0.223 e. The average molecular weight is 266 g/mol. The van der Waals surface area contributed by atoms with Crippen LogP contribution in [0.1, 0.15) is 12.0 Å². The van der Waals surface area contributed by atoms with E-state index in [-0.39, 0.29) is 5.91 Å². The van der Waals surface area contributed by atoms with Crippen molar-refractivity contribution in [3.8, 4) is 11.5 Å². The van der Waals surface area contributed by atoms with Gasteiger partial charge in [0, 0.05) is 26.6 Å². The van der Waals surface area contributed by atoms with Gasteiger partial charge in [0.25, 0.3) is 0 Å². The summed E-state index contributed by atoms with van der Waals surface area (Å²) >= 11 is 0. The molecule has 0 fully saturated rings. The van der Waals surface area contributed by atoms with Gasteiger partial charge in [-0.2, -0.15) is 0 Å². The zero-order valence-electron chi connectivity index (χ0n) is 11.8. The Morgan fingerprint density at radius 3 is 2.53 bits per heavy atom. The van der Waals surface area contributed by atoms with Crippen LogP contribution in [-0.4, -0.2) is 45.2 Å². The lowest BCUT2D eigenvalue weighted by Gasteiger charge is -2.17. The lowest BCUT2D eigenvalue weighted by Crippen LogP contribution is -2.30. The molecule has 0 radical (unpaired) electrons. The van der Waals surface area contributed by atoms with Gasteiger partial charge in [-0.1, -0.05) is 6.07 Å². The van der Waals surface area contributed by atoms with Crippen LogP contribution in [-0.2, 0) is 11.2 Å². The molecule has 5 nitrogen and oxygen atoms in total. The second-order valence-corrected chi connectivity index (χ2v) is 4.29. The Morgan fingerprint density at radius 2 is 1.95 bits per heavy atom. The van der Waals surface area contributed by atoms with E-state index in [0.717, 1.165) is 12.0 Å². The highest BCUT2D eigenvalue weighted by Gasteiger charge is 2.09. The van der Waals surface area contributed by atoms with Crippen molar-refractivity contribution < 1.29 is 14.3 Å². The van der Waals surface area contributed by atoms with E-state index in [1.807, 2.05) is 18.2 Å². The summed E-state index contributed by atoms with van der Waals surface area (Å²) in [6, 6.07) is 5.78. The summed E-state index contributed by atoms with van der Waals surface area (Å²) in [5, 5.41) is 0. The Balaban J connectivity index is 2.60. The molecule has 5 heteroatoms. The number of nitrogens with zero attached hydrogens (tertiary/aromatic N) is 1. The Hall–Kier alpha value is -1.75. The van der Waals surface area contributed by atoms with Crippen LogP contribution in [0.2, 0.25) is 0 Å². The van der Waals surface area contributed by atoms with E-state index in [2.05, 4.69) is 0 Å². The Kier molecular flexibility index (Phi) is 6.15. The molecule has 1 rings (SSSR count). The number of rotatable bonds is 7. The topological polar surface area (TPSA) is 64.8 Å². The number of methoxy groups -OCH3 is 2. The van der Waals surface area contributed by atoms with Crippen LogP contribution < -0.4 is 15.2 Å². The SMILES string of the molecule is COc1ccc(CCN(C)C(=O)CCN)cc1OC. The molecule has 0 aromatic heterocycles. The van der Waals surface area contributed by atoms with Crippen molar-refractivity contribution in [3.05, 3.63) is 23.8 Å². The van der Waals surface area contributed by atoms with Gasteiger partial charge in [-0.3, -0.25) is 4.79 Å². The van der Waals surface area contributed by atoms with Crippen molar-refractivity contribution >= 4 is 5.91 Å². The fraction of sp³-hybridized carbons (Fsp3) is 0.500. The standard InChI is InChI=1S/C14H22N2O3/c1-16(14(17)6-8-15)9-7-11-4-5-12(18-2)13(10-11)19-3/h4-5,10H,6-9,15H2,1-3H3. The third kappa shape index (κ3) is 4.44. The lowest BCUT2D eigenvalue weighted by atomic mass is 10.1. The molecule has 0 aliphatic heterocycles. The van der Waals surface area contributed by atoms with E-state index in [9.17, 15) is 4.79 Å².